The summed E-state index contributed by atoms with van der Waals surface area (Å²) in [7, 11) is 0. The molecule has 0 saturated carbocycles. The second-order valence-electron chi connectivity index (χ2n) is 22.7. The molecule has 0 aliphatic carbocycles. The van der Waals surface area contributed by atoms with Crippen LogP contribution in [0.25, 0.3) is 129 Å². The molecule has 0 atom stereocenters. The highest BCUT2D eigenvalue weighted by Gasteiger charge is 2.21. The summed E-state index contributed by atoms with van der Waals surface area (Å²) in [6, 6.07) is 118. The zero-order chi connectivity index (χ0) is 58.1. The Morgan fingerprint density at radius 3 is 1.15 bits per heavy atom. The molecule has 2 heterocycles. The zero-order valence-electron chi connectivity index (χ0n) is 47.9. The Morgan fingerprint density at radius 1 is 0.227 bits per heavy atom. The molecule has 0 bridgehead atoms. The number of hydrogen-bond donors (Lipinski definition) is 0. The molecule has 0 aliphatic heterocycles. The normalized spacial score (nSPS) is 11.6. The molecule has 0 aliphatic rings. The van der Waals surface area contributed by atoms with Crippen LogP contribution in [0.15, 0.2) is 332 Å². The van der Waals surface area contributed by atoms with Gasteiger partial charge in [0.15, 0.2) is 0 Å². The fraction of sp³-hybridized carbons (Fsp3) is 0. The molecule has 3 nitrogen and oxygen atoms in total. The number of anilines is 6. The van der Waals surface area contributed by atoms with Crippen LogP contribution in [-0.2, 0) is 0 Å². The lowest BCUT2D eigenvalue weighted by atomic mass is 9.92. The first-order valence-corrected chi connectivity index (χ1v) is 30.9. The second-order valence-corrected chi connectivity index (χ2v) is 23.7. The molecule has 0 fully saturated rings. The van der Waals surface area contributed by atoms with E-state index in [2.05, 4.69) is 331 Å². The summed E-state index contributed by atoms with van der Waals surface area (Å²) in [5.41, 5.74) is 13.5. The number of para-hydroxylation sites is 3. The van der Waals surface area contributed by atoms with Crippen molar-refractivity contribution in [2.45, 2.75) is 0 Å². The minimum absolute atomic E-state index is 0.924. The molecular weight excluding hydrogens is 1090 g/mol. The van der Waals surface area contributed by atoms with Gasteiger partial charge in [0.25, 0.3) is 0 Å². The number of furan rings is 1. The molecule has 16 aromatic carbocycles. The summed E-state index contributed by atoms with van der Waals surface area (Å²) in [5.74, 6) is 0. The number of benzene rings is 16. The Labute approximate surface area is 513 Å². The van der Waals surface area contributed by atoms with E-state index in [0.717, 1.165) is 56.1 Å². The van der Waals surface area contributed by atoms with Gasteiger partial charge in [-0.2, -0.15) is 0 Å². The van der Waals surface area contributed by atoms with E-state index < -0.39 is 0 Å². The van der Waals surface area contributed by atoms with Gasteiger partial charge >= 0.3 is 0 Å². The molecular formula is C84H54N2OS. The molecule has 18 aromatic rings. The molecule has 2 aromatic heterocycles. The van der Waals surface area contributed by atoms with E-state index in [4.69, 9.17) is 4.42 Å². The van der Waals surface area contributed by atoms with Crippen molar-refractivity contribution in [2.75, 3.05) is 9.80 Å². The van der Waals surface area contributed by atoms with E-state index >= 15 is 0 Å². The van der Waals surface area contributed by atoms with E-state index in [-0.39, 0.29) is 0 Å². The topological polar surface area (TPSA) is 19.6 Å². The van der Waals surface area contributed by atoms with Crippen LogP contribution in [0.1, 0.15) is 0 Å². The van der Waals surface area contributed by atoms with Crippen molar-refractivity contribution in [2.24, 2.45) is 0 Å². The Bertz CT molecular complexity index is 5660. The van der Waals surface area contributed by atoms with Gasteiger partial charge in [-0.3, -0.25) is 0 Å². The molecule has 412 valence electrons. The van der Waals surface area contributed by atoms with Crippen molar-refractivity contribution < 1.29 is 4.42 Å². The summed E-state index contributed by atoms with van der Waals surface area (Å²) in [6.45, 7) is 0. The van der Waals surface area contributed by atoms with Gasteiger partial charge < -0.3 is 14.2 Å². The molecule has 0 saturated heterocycles. The van der Waals surface area contributed by atoms with Gasteiger partial charge in [0.1, 0.15) is 11.2 Å². The third kappa shape index (κ3) is 8.64. The fourth-order valence-electron chi connectivity index (χ4n) is 13.6. The lowest BCUT2D eigenvalue weighted by Crippen LogP contribution is -2.09. The standard InChI is InChI=1S/C42H27NO.C42H27NS/c1-3-11-28(12-4-1)29-19-22-32(23-20-29)43(31-13-5-2-6-14-31)33-24-26-34-30(27-33)21-25-38-40(34)35-15-7-8-16-36(35)42-41(38)37-17-9-10-18-39(37)44-42;1-3-11-28(12-4-1)29-19-22-32(23-20-29)43(31-13-5-2-6-14-31)33-24-26-34-30(27-33)21-25-38-40(34)35-15-7-8-16-36(35)41-37-17-9-10-18-39(37)44-42(38)41/h2*1-27H. The Morgan fingerprint density at radius 2 is 0.602 bits per heavy atom. The predicted octanol–water partition coefficient (Wildman–Crippen LogP) is 24.8. The number of nitrogens with zero attached hydrogens (tertiary/aromatic N) is 2. The van der Waals surface area contributed by atoms with Crippen LogP contribution in [0.3, 0.4) is 0 Å². The van der Waals surface area contributed by atoms with Gasteiger partial charge in [0, 0.05) is 75.8 Å². The summed E-state index contributed by atoms with van der Waals surface area (Å²) in [6.07, 6.45) is 0. The molecule has 0 N–H and O–H groups in total. The van der Waals surface area contributed by atoms with Crippen LogP contribution < -0.4 is 9.80 Å². The van der Waals surface area contributed by atoms with E-state index in [1.807, 2.05) is 17.4 Å². The number of thiophene rings is 1. The average Bonchev–Trinajstić information content (AvgIpc) is 1.59. The van der Waals surface area contributed by atoms with E-state index in [1.54, 1.807) is 0 Å². The molecule has 0 unspecified atom stereocenters. The summed E-state index contributed by atoms with van der Waals surface area (Å²) >= 11 is 1.91. The smallest absolute Gasteiger partial charge is 0.143 e. The van der Waals surface area contributed by atoms with Crippen LogP contribution in [0, 0.1) is 0 Å². The van der Waals surface area contributed by atoms with Crippen molar-refractivity contribution in [3.8, 4) is 22.3 Å². The van der Waals surface area contributed by atoms with Crippen molar-refractivity contribution >= 4 is 152 Å². The second kappa shape index (κ2) is 21.3. The minimum atomic E-state index is 0.924. The minimum Gasteiger partial charge on any atom is -0.455 e. The van der Waals surface area contributed by atoms with Crippen LogP contribution in [0.4, 0.5) is 34.1 Å². The number of fused-ring (bicyclic) bond motifs is 20. The highest BCUT2D eigenvalue weighted by Crippen LogP contribution is 2.48. The van der Waals surface area contributed by atoms with Gasteiger partial charge in [0.05, 0.1) is 0 Å². The molecule has 18 rings (SSSR count). The van der Waals surface area contributed by atoms with E-state index in [0.29, 0.717) is 0 Å². The SMILES string of the molecule is c1ccc(-c2ccc(N(c3ccccc3)c3ccc4c(ccc5c4c4ccccc4c4oc6ccccc6c54)c3)cc2)cc1.c1ccc(-c2ccc(N(c3ccccc3)c3ccc4c(ccc5c6sc7ccccc7c6c6ccccc6c45)c3)cc2)cc1. The third-order valence-corrected chi connectivity index (χ3v) is 18.8. The Kier molecular flexibility index (Phi) is 12.4. The molecule has 0 amide bonds. The highest BCUT2D eigenvalue weighted by atomic mass is 32.1. The first kappa shape index (κ1) is 51.1. The maximum Gasteiger partial charge on any atom is 0.143 e. The van der Waals surface area contributed by atoms with Crippen LogP contribution in [-0.4, -0.2) is 0 Å². The first-order valence-electron chi connectivity index (χ1n) is 30.1. The largest absolute Gasteiger partial charge is 0.455 e. The fourth-order valence-corrected chi connectivity index (χ4v) is 14.9. The van der Waals surface area contributed by atoms with Crippen LogP contribution in [0.5, 0.6) is 0 Å². The van der Waals surface area contributed by atoms with Crippen molar-refractivity contribution in [3.05, 3.63) is 328 Å². The summed E-state index contributed by atoms with van der Waals surface area (Å²) in [4.78, 5) is 4.69. The maximum atomic E-state index is 6.46. The zero-order valence-corrected chi connectivity index (χ0v) is 48.7. The maximum absolute atomic E-state index is 6.46. The van der Waals surface area contributed by atoms with Gasteiger partial charge in [0.2, 0.25) is 0 Å². The first-order chi connectivity index (χ1) is 43.7. The lowest BCUT2D eigenvalue weighted by molar-refractivity contribution is 0.673. The van der Waals surface area contributed by atoms with Gasteiger partial charge in [-0.25, -0.2) is 0 Å². The number of hydrogen-bond acceptors (Lipinski definition) is 4. The third-order valence-electron chi connectivity index (χ3n) is 17.6. The van der Waals surface area contributed by atoms with E-state index in [1.165, 1.54) is 107 Å². The highest BCUT2D eigenvalue weighted by molar-refractivity contribution is 7.27. The predicted molar refractivity (Wildman–Crippen MR) is 378 cm³/mol. The van der Waals surface area contributed by atoms with Crippen LogP contribution >= 0.6 is 11.3 Å². The van der Waals surface area contributed by atoms with Gasteiger partial charge in [-0.05, 0) is 161 Å². The average molecular weight is 1140 g/mol. The molecule has 0 spiro atoms. The number of rotatable bonds is 8. The van der Waals surface area contributed by atoms with E-state index in [9.17, 15) is 0 Å². The van der Waals surface area contributed by atoms with Crippen molar-refractivity contribution in [3.63, 3.8) is 0 Å². The summed E-state index contributed by atoms with van der Waals surface area (Å²) in [5, 5.41) is 20.2. The van der Waals surface area contributed by atoms with Crippen molar-refractivity contribution in [1.29, 1.82) is 0 Å². The quantitative estimate of drug-likeness (QED) is 0.141. The molecule has 0 radical (unpaired) electrons. The molecule has 88 heavy (non-hydrogen) atoms. The van der Waals surface area contributed by atoms with Gasteiger partial charge in [-0.15, -0.1) is 11.3 Å². The Hall–Kier alpha value is -11.3. The lowest BCUT2D eigenvalue weighted by Gasteiger charge is -2.26. The Balaban J connectivity index is 0.000000137. The monoisotopic (exact) mass is 1140 g/mol. The van der Waals surface area contributed by atoms with Crippen LogP contribution in [0.2, 0.25) is 0 Å². The summed E-state index contributed by atoms with van der Waals surface area (Å²) < 4.78 is 9.18. The van der Waals surface area contributed by atoms with Crippen molar-refractivity contribution in [1.82, 2.24) is 0 Å². The molecule has 4 heteroatoms. The van der Waals surface area contributed by atoms with Gasteiger partial charge in [-0.1, -0.05) is 243 Å².